The van der Waals surface area contributed by atoms with Gasteiger partial charge in [0.1, 0.15) is 0 Å². The number of sulfonamides is 1. The second-order valence-electron chi connectivity index (χ2n) is 4.60. The molecule has 0 aliphatic heterocycles. The molecule has 0 amide bonds. The van der Waals surface area contributed by atoms with E-state index in [0.29, 0.717) is 10.9 Å². The second kappa shape index (κ2) is 6.07. The fraction of sp³-hybridized carbons (Fsp3) is 0.333. The summed E-state index contributed by atoms with van der Waals surface area (Å²) in [5.74, 6) is 0.434. The molecule has 0 radical (unpaired) electrons. The van der Waals surface area contributed by atoms with E-state index in [2.05, 4.69) is 28.8 Å². The third kappa shape index (κ3) is 3.91. The number of halogens is 1. The number of hydrogen-bond donors (Lipinski definition) is 0. The van der Waals surface area contributed by atoms with Gasteiger partial charge >= 0.3 is 0 Å². The van der Waals surface area contributed by atoms with E-state index in [0.717, 1.165) is 11.4 Å². The van der Waals surface area contributed by atoms with E-state index in [1.807, 2.05) is 0 Å². The maximum atomic E-state index is 12.1. The van der Waals surface area contributed by atoms with Crippen LogP contribution in [0.25, 0.3) is 4.72 Å². The Balaban J connectivity index is 2.16. The molecule has 1 aromatic heterocycles. The number of hydrogen-bond acceptors (Lipinski definition) is 5. The number of nitrogens with zero attached hydrogens (tertiary/aromatic N) is 3. The molecule has 2 aromatic rings. The van der Waals surface area contributed by atoms with Crippen molar-refractivity contribution >= 4 is 38.1 Å². The predicted molar refractivity (Wildman–Crippen MR) is 80.1 cm³/mol. The molecule has 5 nitrogen and oxygen atoms in total. The van der Waals surface area contributed by atoms with Gasteiger partial charge in [-0.2, -0.15) is 0 Å². The van der Waals surface area contributed by atoms with Crippen LogP contribution >= 0.6 is 22.9 Å². The van der Waals surface area contributed by atoms with Crippen molar-refractivity contribution < 1.29 is 8.42 Å². The molecule has 20 heavy (non-hydrogen) atoms. The molecule has 0 aliphatic carbocycles. The normalized spacial score (nSPS) is 11.8. The van der Waals surface area contributed by atoms with Gasteiger partial charge in [-0.25, -0.2) is 8.42 Å². The molecule has 0 atom stereocenters. The lowest BCUT2D eigenvalue weighted by molar-refractivity contribution is 0.603. The SMILES string of the molecule is CC(C)Cc1nnc([N-]S(=O)(=O)c2ccc(Cl)cc2)s1. The zero-order valence-electron chi connectivity index (χ0n) is 10.9. The minimum atomic E-state index is -3.77. The average Bonchev–Trinajstić information content (AvgIpc) is 2.75. The minimum Gasteiger partial charge on any atom is -0.342 e. The quantitative estimate of drug-likeness (QED) is 0.836. The van der Waals surface area contributed by atoms with Crippen molar-refractivity contribution in [1.82, 2.24) is 10.2 Å². The molecule has 0 saturated carbocycles. The van der Waals surface area contributed by atoms with Crippen molar-refractivity contribution in [1.29, 1.82) is 0 Å². The van der Waals surface area contributed by atoms with Crippen molar-refractivity contribution in [3.05, 3.63) is 39.0 Å². The van der Waals surface area contributed by atoms with Gasteiger partial charge in [0.05, 0.1) is 9.90 Å². The molecular weight excluding hydrogens is 318 g/mol. The lowest BCUT2D eigenvalue weighted by atomic mass is 10.1. The summed E-state index contributed by atoms with van der Waals surface area (Å²) >= 11 is 6.92. The van der Waals surface area contributed by atoms with Crippen LogP contribution in [0.3, 0.4) is 0 Å². The molecule has 0 saturated heterocycles. The summed E-state index contributed by atoms with van der Waals surface area (Å²) in [5.41, 5.74) is 0. The Labute approximate surface area is 127 Å². The van der Waals surface area contributed by atoms with Gasteiger partial charge < -0.3 is 9.82 Å². The maximum absolute atomic E-state index is 12.1. The molecule has 2 rings (SSSR count). The molecular formula is C12H13ClN3O2S2-. The van der Waals surface area contributed by atoms with Gasteiger partial charge in [-0.1, -0.05) is 25.4 Å². The first-order chi connectivity index (χ1) is 9.37. The third-order valence-electron chi connectivity index (χ3n) is 2.35. The van der Waals surface area contributed by atoms with Crippen molar-refractivity contribution in [3.8, 4) is 0 Å². The van der Waals surface area contributed by atoms with Gasteiger partial charge in [-0.15, -0.1) is 11.3 Å². The van der Waals surface area contributed by atoms with E-state index < -0.39 is 10.0 Å². The summed E-state index contributed by atoms with van der Waals surface area (Å²) in [7, 11) is -3.77. The number of benzene rings is 1. The Morgan fingerprint density at radius 1 is 1.25 bits per heavy atom. The van der Waals surface area contributed by atoms with Crippen LogP contribution in [0.2, 0.25) is 5.02 Å². The monoisotopic (exact) mass is 330 g/mol. The lowest BCUT2D eigenvalue weighted by Gasteiger charge is -2.10. The first-order valence-corrected chi connectivity index (χ1v) is 8.56. The highest BCUT2D eigenvalue weighted by molar-refractivity contribution is 7.94. The van der Waals surface area contributed by atoms with Crippen LogP contribution < -0.4 is 0 Å². The first kappa shape index (κ1) is 15.2. The molecule has 0 bridgehead atoms. The van der Waals surface area contributed by atoms with Gasteiger partial charge in [-0.3, -0.25) is 5.10 Å². The van der Waals surface area contributed by atoms with E-state index in [9.17, 15) is 8.42 Å². The van der Waals surface area contributed by atoms with Crippen LogP contribution in [-0.4, -0.2) is 18.6 Å². The molecule has 0 spiro atoms. The van der Waals surface area contributed by atoms with Gasteiger partial charge in [-0.05, 0) is 30.2 Å². The van der Waals surface area contributed by atoms with E-state index in [4.69, 9.17) is 11.6 Å². The summed E-state index contributed by atoms with van der Waals surface area (Å²) in [6.45, 7) is 4.12. The van der Waals surface area contributed by atoms with E-state index in [-0.39, 0.29) is 10.0 Å². The van der Waals surface area contributed by atoms with E-state index in [1.54, 1.807) is 0 Å². The highest BCUT2D eigenvalue weighted by Crippen LogP contribution is 2.31. The van der Waals surface area contributed by atoms with Gasteiger partial charge in [0.15, 0.2) is 0 Å². The molecule has 108 valence electrons. The van der Waals surface area contributed by atoms with Gasteiger partial charge in [0.2, 0.25) is 10.0 Å². The Morgan fingerprint density at radius 2 is 1.90 bits per heavy atom. The van der Waals surface area contributed by atoms with E-state index >= 15 is 0 Å². The van der Waals surface area contributed by atoms with Gasteiger partial charge in [0, 0.05) is 16.6 Å². The summed E-state index contributed by atoms with van der Waals surface area (Å²) in [6, 6.07) is 5.84. The Hall–Kier alpha value is -1.18. The van der Waals surface area contributed by atoms with Crippen LogP contribution in [0.4, 0.5) is 5.13 Å². The first-order valence-electron chi connectivity index (χ1n) is 5.93. The predicted octanol–water partition coefficient (Wildman–Crippen LogP) is 3.78. The molecule has 1 heterocycles. The van der Waals surface area contributed by atoms with Crippen LogP contribution in [-0.2, 0) is 16.4 Å². The van der Waals surface area contributed by atoms with E-state index in [1.165, 1.54) is 35.6 Å². The Morgan fingerprint density at radius 3 is 2.50 bits per heavy atom. The topological polar surface area (TPSA) is 74.0 Å². The van der Waals surface area contributed by atoms with Crippen molar-refractivity contribution in [2.45, 2.75) is 25.2 Å². The fourth-order valence-corrected chi connectivity index (χ4v) is 3.66. The summed E-state index contributed by atoms with van der Waals surface area (Å²) in [6.07, 6.45) is 0.758. The highest BCUT2D eigenvalue weighted by Gasteiger charge is 2.11. The van der Waals surface area contributed by atoms with Crippen molar-refractivity contribution in [3.63, 3.8) is 0 Å². The number of aromatic nitrogens is 2. The van der Waals surface area contributed by atoms with Crippen LogP contribution in [0.5, 0.6) is 0 Å². The molecule has 0 fully saturated rings. The Kier molecular flexibility index (Phi) is 4.62. The zero-order valence-corrected chi connectivity index (χ0v) is 13.3. The Bertz CT molecular complexity index is 681. The summed E-state index contributed by atoms with van der Waals surface area (Å²) in [5, 5.41) is 9.13. The fourth-order valence-electron chi connectivity index (χ4n) is 1.48. The summed E-state index contributed by atoms with van der Waals surface area (Å²) in [4.78, 5) is 0.0857. The largest absolute Gasteiger partial charge is 0.342 e. The average molecular weight is 331 g/mol. The van der Waals surface area contributed by atoms with Crippen molar-refractivity contribution in [2.75, 3.05) is 0 Å². The van der Waals surface area contributed by atoms with Crippen LogP contribution in [0, 0.1) is 5.92 Å². The standard InChI is InChI=1S/C12H13ClN3O2S2/c1-8(2)7-11-14-15-12(19-11)16-20(17,18)10-5-3-9(13)4-6-10/h3-6,8H,7H2,1-2H3/q-1. The molecule has 1 aromatic carbocycles. The smallest absolute Gasteiger partial charge is 0.203 e. The highest BCUT2D eigenvalue weighted by atomic mass is 35.5. The van der Waals surface area contributed by atoms with Gasteiger partial charge in [0.25, 0.3) is 0 Å². The molecule has 0 unspecified atom stereocenters. The minimum absolute atomic E-state index is 0.0857. The summed E-state index contributed by atoms with van der Waals surface area (Å²) < 4.78 is 27.8. The third-order valence-corrected chi connectivity index (χ3v) is 4.84. The molecule has 8 heteroatoms. The lowest BCUT2D eigenvalue weighted by Crippen LogP contribution is -1.97. The zero-order chi connectivity index (χ0) is 14.8. The van der Waals surface area contributed by atoms with Crippen LogP contribution in [0.1, 0.15) is 18.9 Å². The molecule has 0 aliphatic rings. The second-order valence-corrected chi connectivity index (χ2v) is 7.68. The van der Waals surface area contributed by atoms with Crippen LogP contribution in [0.15, 0.2) is 29.2 Å². The molecule has 0 N–H and O–H groups in total. The maximum Gasteiger partial charge on any atom is 0.203 e. The van der Waals surface area contributed by atoms with Crippen molar-refractivity contribution in [2.24, 2.45) is 5.92 Å². The number of rotatable bonds is 5.